The Morgan fingerprint density at radius 3 is 3.14 bits per heavy atom. The van der Waals surface area contributed by atoms with Crippen molar-refractivity contribution < 1.29 is 9.66 Å². The summed E-state index contributed by atoms with van der Waals surface area (Å²) in [6.45, 7) is 2.37. The Hall–Kier alpha value is -1.91. The molecular formula is C9H10N2O3. The summed E-state index contributed by atoms with van der Waals surface area (Å²) < 4.78 is 4.94. The highest BCUT2D eigenvalue weighted by atomic mass is 16.6. The lowest BCUT2D eigenvalue weighted by Gasteiger charge is -1.96. The van der Waals surface area contributed by atoms with E-state index in [-0.39, 0.29) is 5.82 Å². The van der Waals surface area contributed by atoms with Gasteiger partial charge >= 0.3 is 5.82 Å². The summed E-state index contributed by atoms with van der Waals surface area (Å²) >= 11 is 0. The molecule has 14 heavy (non-hydrogen) atoms. The van der Waals surface area contributed by atoms with Crippen LogP contribution in [0.25, 0.3) is 6.08 Å². The maximum atomic E-state index is 10.5. The van der Waals surface area contributed by atoms with Crippen molar-refractivity contribution in [2.45, 2.75) is 6.92 Å². The zero-order chi connectivity index (χ0) is 10.4. The van der Waals surface area contributed by atoms with Crippen molar-refractivity contribution in [1.82, 2.24) is 4.98 Å². The summed E-state index contributed by atoms with van der Waals surface area (Å²) in [7, 11) is 0. The molecule has 0 bridgehead atoms. The molecule has 74 valence electrons. The molecule has 0 fully saturated rings. The Morgan fingerprint density at radius 2 is 2.50 bits per heavy atom. The van der Waals surface area contributed by atoms with Crippen molar-refractivity contribution in [1.29, 1.82) is 0 Å². The molecule has 1 rings (SSSR count). The van der Waals surface area contributed by atoms with E-state index < -0.39 is 4.92 Å². The zero-order valence-electron chi connectivity index (χ0n) is 7.71. The largest absolute Gasteiger partial charge is 0.501 e. The number of pyridine rings is 1. The van der Waals surface area contributed by atoms with Crippen LogP contribution in [-0.2, 0) is 4.74 Å². The fraction of sp³-hybridized carbons (Fsp3) is 0.222. The standard InChI is InChI=1S/C9H10N2O3/c1-2-14-7-5-8-4-3-6-10-9(8)11(12)13/h3-7H,2H2,1H3/b7-5-. The van der Waals surface area contributed by atoms with Crippen molar-refractivity contribution in [2.75, 3.05) is 6.61 Å². The van der Waals surface area contributed by atoms with Crippen molar-refractivity contribution in [2.24, 2.45) is 0 Å². The van der Waals surface area contributed by atoms with Crippen LogP contribution in [-0.4, -0.2) is 16.5 Å². The van der Waals surface area contributed by atoms with Crippen LogP contribution >= 0.6 is 0 Å². The van der Waals surface area contributed by atoms with Gasteiger partial charge in [0.05, 0.1) is 18.4 Å². The molecule has 1 aromatic heterocycles. The first kappa shape index (κ1) is 10.2. The molecule has 0 amide bonds. The van der Waals surface area contributed by atoms with Gasteiger partial charge in [0.2, 0.25) is 0 Å². The molecule has 0 saturated carbocycles. The van der Waals surface area contributed by atoms with Crippen molar-refractivity contribution in [3.05, 3.63) is 40.3 Å². The quantitative estimate of drug-likeness (QED) is 0.417. The monoisotopic (exact) mass is 194 g/mol. The summed E-state index contributed by atoms with van der Waals surface area (Å²) in [6.07, 6.45) is 4.33. The van der Waals surface area contributed by atoms with Gasteiger partial charge in [0.25, 0.3) is 0 Å². The fourth-order valence-corrected chi connectivity index (χ4v) is 0.910. The van der Waals surface area contributed by atoms with Crippen LogP contribution in [0, 0.1) is 10.1 Å². The fourth-order valence-electron chi connectivity index (χ4n) is 0.910. The summed E-state index contributed by atoms with van der Waals surface area (Å²) in [5, 5.41) is 10.5. The Bertz CT molecular complexity index is 350. The topological polar surface area (TPSA) is 65.3 Å². The number of hydrogen-bond acceptors (Lipinski definition) is 4. The van der Waals surface area contributed by atoms with Crippen LogP contribution in [0.1, 0.15) is 12.5 Å². The van der Waals surface area contributed by atoms with Crippen molar-refractivity contribution >= 4 is 11.9 Å². The highest BCUT2D eigenvalue weighted by molar-refractivity contribution is 5.56. The third-order valence-electron chi connectivity index (χ3n) is 1.50. The Morgan fingerprint density at radius 1 is 1.71 bits per heavy atom. The van der Waals surface area contributed by atoms with Gasteiger partial charge in [-0.15, -0.1) is 0 Å². The van der Waals surface area contributed by atoms with Crippen LogP contribution in [0.2, 0.25) is 0 Å². The van der Waals surface area contributed by atoms with Gasteiger partial charge in [0.1, 0.15) is 6.20 Å². The van der Waals surface area contributed by atoms with E-state index in [2.05, 4.69) is 4.98 Å². The molecule has 5 nitrogen and oxygen atoms in total. The second-order valence-electron chi connectivity index (χ2n) is 2.43. The summed E-state index contributed by atoms with van der Waals surface area (Å²) in [5.41, 5.74) is 0.436. The van der Waals surface area contributed by atoms with Crippen LogP contribution < -0.4 is 0 Å². The minimum atomic E-state index is -0.522. The first-order valence-electron chi connectivity index (χ1n) is 4.13. The third-order valence-corrected chi connectivity index (χ3v) is 1.50. The van der Waals surface area contributed by atoms with Gasteiger partial charge in [-0.1, -0.05) is 0 Å². The molecule has 0 atom stereocenters. The van der Waals surface area contributed by atoms with E-state index in [4.69, 9.17) is 4.74 Å². The molecule has 0 aromatic carbocycles. The van der Waals surface area contributed by atoms with Crippen LogP contribution in [0.15, 0.2) is 24.6 Å². The number of rotatable bonds is 4. The second kappa shape index (κ2) is 4.96. The van der Waals surface area contributed by atoms with Gasteiger partial charge in [-0.3, -0.25) is 0 Å². The minimum Gasteiger partial charge on any atom is -0.501 e. The molecule has 0 aliphatic heterocycles. The molecule has 1 heterocycles. The Kier molecular flexibility index (Phi) is 3.60. The number of nitro groups is 1. The maximum absolute atomic E-state index is 10.5. The maximum Gasteiger partial charge on any atom is 0.370 e. The number of hydrogen-bond donors (Lipinski definition) is 0. The minimum absolute atomic E-state index is 0.163. The lowest BCUT2D eigenvalue weighted by atomic mass is 10.2. The first-order chi connectivity index (χ1) is 6.75. The lowest BCUT2D eigenvalue weighted by Crippen LogP contribution is -1.94. The van der Waals surface area contributed by atoms with E-state index >= 15 is 0 Å². The molecule has 0 N–H and O–H groups in total. The van der Waals surface area contributed by atoms with E-state index in [1.54, 1.807) is 12.1 Å². The van der Waals surface area contributed by atoms with Gasteiger partial charge in [-0.05, 0) is 35.0 Å². The molecule has 0 spiro atoms. The van der Waals surface area contributed by atoms with E-state index in [9.17, 15) is 10.1 Å². The third kappa shape index (κ3) is 2.55. The van der Waals surface area contributed by atoms with Gasteiger partial charge in [0.15, 0.2) is 0 Å². The van der Waals surface area contributed by atoms with Crippen LogP contribution in [0.3, 0.4) is 0 Å². The Balaban J connectivity index is 2.90. The van der Waals surface area contributed by atoms with Crippen LogP contribution in [0.4, 0.5) is 5.82 Å². The zero-order valence-corrected chi connectivity index (χ0v) is 7.71. The van der Waals surface area contributed by atoms with E-state index in [1.165, 1.54) is 18.5 Å². The molecule has 0 aliphatic carbocycles. The number of nitrogens with zero attached hydrogens (tertiary/aromatic N) is 2. The van der Waals surface area contributed by atoms with Crippen LogP contribution in [0.5, 0.6) is 0 Å². The van der Waals surface area contributed by atoms with E-state index in [0.29, 0.717) is 12.2 Å². The second-order valence-corrected chi connectivity index (χ2v) is 2.43. The SMILES string of the molecule is CCO/C=C\c1cccnc1[N+](=O)[O-]. The van der Waals surface area contributed by atoms with Gasteiger partial charge < -0.3 is 14.9 Å². The van der Waals surface area contributed by atoms with E-state index in [0.717, 1.165) is 0 Å². The highest BCUT2D eigenvalue weighted by Gasteiger charge is 2.10. The molecule has 0 radical (unpaired) electrons. The lowest BCUT2D eigenvalue weighted by molar-refractivity contribution is -0.389. The van der Waals surface area contributed by atoms with Crippen molar-refractivity contribution in [3.63, 3.8) is 0 Å². The number of ether oxygens (including phenoxy) is 1. The Labute approximate surface area is 81.2 Å². The predicted octanol–water partition coefficient (Wildman–Crippen LogP) is 2.00. The molecule has 0 aliphatic rings. The molecule has 5 heteroatoms. The normalized spacial score (nSPS) is 10.4. The van der Waals surface area contributed by atoms with Crippen molar-refractivity contribution in [3.8, 4) is 0 Å². The van der Waals surface area contributed by atoms with Gasteiger partial charge in [-0.25, -0.2) is 0 Å². The predicted molar refractivity (Wildman–Crippen MR) is 51.6 cm³/mol. The highest BCUT2D eigenvalue weighted by Crippen LogP contribution is 2.15. The molecular weight excluding hydrogens is 184 g/mol. The molecule has 0 unspecified atom stereocenters. The summed E-state index contributed by atoms with van der Waals surface area (Å²) in [5.74, 6) is -0.163. The smallest absolute Gasteiger partial charge is 0.370 e. The van der Waals surface area contributed by atoms with E-state index in [1.807, 2.05) is 6.92 Å². The average molecular weight is 194 g/mol. The molecule has 1 aromatic rings. The van der Waals surface area contributed by atoms with Gasteiger partial charge in [-0.2, -0.15) is 0 Å². The number of aromatic nitrogens is 1. The summed E-state index contributed by atoms with van der Waals surface area (Å²) in [4.78, 5) is 13.7. The summed E-state index contributed by atoms with van der Waals surface area (Å²) in [6, 6.07) is 3.25. The first-order valence-corrected chi connectivity index (χ1v) is 4.13. The van der Waals surface area contributed by atoms with Gasteiger partial charge in [0, 0.05) is 0 Å². The average Bonchev–Trinajstić information content (AvgIpc) is 2.19. The molecule has 0 saturated heterocycles.